The Hall–Kier alpha value is -1.10. The van der Waals surface area contributed by atoms with Crippen LogP contribution in [0.25, 0.3) is 0 Å². The van der Waals surface area contributed by atoms with Crippen molar-refractivity contribution in [1.82, 2.24) is 4.90 Å². The van der Waals surface area contributed by atoms with Gasteiger partial charge in [-0.2, -0.15) is 0 Å². The van der Waals surface area contributed by atoms with E-state index in [1.54, 1.807) is 7.11 Å². The van der Waals surface area contributed by atoms with Gasteiger partial charge in [-0.3, -0.25) is 4.90 Å². The summed E-state index contributed by atoms with van der Waals surface area (Å²) in [7, 11) is 1.70. The molecule has 0 aromatic heterocycles. The molecule has 2 heterocycles. The summed E-state index contributed by atoms with van der Waals surface area (Å²) >= 11 is 0. The van der Waals surface area contributed by atoms with Crippen molar-refractivity contribution < 1.29 is 14.2 Å². The van der Waals surface area contributed by atoms with Crippen LogP contribution in [-0.4, -0.2) is 50.5 Å². The fourth-order valence-electron chi connectivity index (χ4n) is 2.99. The third-order valence-electron chi connectivity index (χ3n) is 4.12. The molecule has 0 aliphatic carbocycles. The zero-order valence-corrected chi connectivity index (χ0v) is 12.1. The van der Waals surface area contributed by atoms with Gasteiger partial charge in [0, 0.05) is 26.2 Å². The van der Waals surface area contributed by atoms with Crippen LogP contribution in [0, 0.1) is 0 Å². The molecule has 2 aliphatic rings. The standard InChI is InChI=1S/C16H23NO3/c1-18-14-6-4-13(5-7-14)11-17-8-10-20-16(12-17)15-3-2-9-19-15/h4-7,15-16H,2-3,8-12H2,1H3/t15-,16-/m1/s1. The van der Waals surface area contributed by atoms with Crippen LogP contribution in [0.4, 0.5) is 0 Å². The van der Waals surface area contributed by atoms with Gasteiger partial charge < -0.3 is 14.2 Å². The average molecular weight is 277 g/mol. The highest BCUT2D eigenvalue weighted by atomic mass is 16.5. The van der Waals surface area contributed by atoms with E-state index in [9.17, 15) is 0 Å². The van der Waals surface area contributed by atoms with Crippen molar-refractivity contribution in [1.29, 1.82) is 0 Å². The van der Waals surface area contributed by atoms with Gasteiger partial charge in [0.05, 0.1) is 25.9 Å². The molecule has 0 saturated carbocycles. The molecule has 1 aromatic rings. The Morgan fingerprint density at radius 3 is 2.65 bits per heavy atom. The molecule has 20 heavy (non-hydrogen) atoms. The summed E-state index contributed by atoms with van der Waals surface area (Å²) in [5.41, 5.74) is 1.32. The first-order valence-corrected chi connectivity index (χ1v) is 7.43. The second kappa shape index (κ2) is 6.57. The van der Waals surface area contributed by atoms with Crippen LogP contribution >= 0.6 is 0 Å². The first-order chi connectivity index (χ1) is 9.85. The van der Waals surface area contributed by atoms with Crippen LogP contribution < -0.4 is 4.74 Å². The van der Waals surface area contributed by atoms with Crippen LogP contribution in [0.2, 0.25) is 0 Å². The summed E-state index contributed by atoms with van der Waals surface area (Å²) in [6.07, 6.45) is 2.85. The molecule has 3 rings (SSSR count). The number of rotatable bonds is 4. The van der Waals surface area contributed by atoms with Crippen molar-refractivity contribution in [3.8, 4) is 5.75 Å². The minimum Gasteiger partial charge on any atom is -0.497 e. The van der Waals surface area contributed by atoms with E-state index in [1.165, 1.54) is 12.0 Å². The molecule has 2 fully saturated rings. The fraction of sp³-hybridized carbons (Fsp3) is 0.625. The van der Waals surface area contributed by atoms with E-state index >= 15 is 0 Å². The lowest BCUT2D eigenvalue weighted by Gasteiger charge is -2.35. The zero-order chi connectivity index (χ0) is 13.8. The normalized spacial score (nSPS) is 27.6. The van der Waals surface area contributed by atoms with Gasteiger partial charge in [-0.05, 0) is 30.5 Å². The molecule has 2 atom stereocenters. The van der Waals surface area contributed by atoms with Crippen LogP contribution in [0.15, 0.2) is 24.3 Å². The lowest BCUT2D eigenvalue weighted by Crippen LogP contribution is -2.47. The van der Waals surface area contributed by atoms with E-state index in [4.69, 9.17) is 14.2 Å². The SMILES string of the molecule is COc1ccc(CN2CCO[C@@H]([C@H]3CCCO3)C2)cc1. The number of hydrogen-bond acceptors (Lipinski definition) is 4. The zero-order valence-electron chi connectivity index (χ0n) is 12.1. The second-order valence-corrected chi connectivity index (χ2v) is 5.54. The molecule has 2 saturated heterocycles. The van der Waals surface area contributed by atoms with Crippen molar-refractivity contribution in [2.24, 2.45) is 0 Å². The maximum absolute atomic E-state index is 5.88. The smallest absolute Gasteiger partial charge is 0.118 e. The largest absolute Gasteiger partial charge is 0.497 e. The van der Waals surface area contributed by atoms with E-state index in [0.29, 0.717) is 6.10 Å². The van der Waals surface area contributed by atoms with Gasteiger partial charge in [0.1, 0.15) is 5.75 Å². The molecule has 110 valence electrons. The summed E-state index contributed by atoms with van der Waals surface area (Å²) < 4.78 is 16.8. The number of methoxy groups -OCH3 is 1. The predicted octanol–water partition coefficient (Wildman–Crippen LogP) is 2.08. The number of hydrogen-bond donors (Lipinski definition) is 0. The number of benzene rings is 1. The van der Waals surface area contributed by atoms with Crippen molar-refractivity contribution in [2.75, 3.05) is 33.4 Å². The highest BCUT2D eigenvalue weighted by molar-refractivity contribution is 5.27. The van der Waals surface area contributed by atoms with Gasteiger partial charge in [-0.25, -0.2) is 0 Å². The topological polar surface area (TPSA) is 30.9 Å². The van der Waals surface area contributed by atoms with Crippen LogP contribution in [0.1, 0.15) is 18.4 Å². The Labute approximate surface area is 120 Å². The highest BCUT2D eigenvalue weighted by Crippen LogP contribution is 2.22. The third-order valence-corrected chi connectivity index (χ3v) is 4.12. The lowest BCUT2D eigenvalue weighted by atomic mass is 10.1. The molecule has 0 unspecified atom stereocenters. The molecule has 0 spiro atoms. The predicted molar refractivity (Wildman–Crippen MR) is 77.0 cm³/mol. The molecule has 4 nitrogen and oxygen atoms in total. The molecule has 1 aromatic carbocycles. The van der Waals surface area contributed by atoms with E-state index in [-0.39, 0.29) is 6.10 Å². The van der Waals surface area contributed by atoms with Gasteiger partial charge in [0.15, 0.2) is 0 Å². The van der Waals surface area contributed by atoms with Gasteiger partial charge in [-0.15, -0.1) is 0 Å². The Morgan fingerprint density at radius 2 is 1.95 bits per heavy atom. The van der Waals surface area contributed by atoms with Crippen molar-refractivity contribution in [3.05, 3.63) is 29.8 Å². The highest BCUT2D eigenvalue weighted by Gasteiger charge is 2.30. The van der Waals surface area contributed by atoms with E-state index in [1.807, 2.05) is 12.1 Å². The molecule has 2 aliphatic heterocycles. The number of ether oxygens (including phenoxy) is 3. The Kier molecular flexibility index (Phi) is 4.55. The minimum absolute atomic E-state index is 0.240. The Balaban J connectivity index is 1.56. The maximum Gasteiger partial charge on any atom is 0.118 e. The van der Waals surface area contributed by atoms with Crippen molar-refractivity contribution in [3.63, 3.8) is 0 Å². The van der Waals surface area contributed by atoms with E-state index < -0.39 is 0 Å². The van der Waals surface area contributed by atoms with Crippen LogP contribution in [0.5, 0.6) is 5.75 Å². The third kappa shape index (κ3) is 3.32. The molecule has 4 heteroatoms. The Bertz CT molecular complexity index is 414. The summed E-state index contributed by atoms with van der Waals surface area (Å²) in [4.78, 5) is 2.46. The van der Waals surface area contributed by atoms with Gasteiger partial charge in [0.25, 0.3) is 0 Å². The second-order valence-electron chi connectivity index (χ2n) is 5.54. The van der Waals surface area contributed by atoms with Crippen LogP contribution in [0.3, 0.4) is 0 Å². The first-order valence-electron chi connectivity index (χ1n) is 7.43. The quantitative estimate of drug-likeness (QED) is 0.843. The number of nitrogens with zero attached hydrogens (tertiary/aromatic N) is 1. The Morgan fingerprint density at radius 1 is 1.15 bits per heavy atom. The van der Waals surface area contributed by atoms with E-state index in [2.05, 4.69) is 17.0 Å². The summed E-state index contributed by atoms with van der Waals surface area (Å²) in [5.74, 6) is 0.910. The number of morpholine rings is 1. The lowest BCUT2D eigenvalue weighted by molar-refractivity contribution is -0.0959. The summed E-state index contributed by atoms with van der Waals surface area (Å²) in [6, 6.07) is 8.31. The van der Waals surface area contributed by atoms with Gasteiger partial charge in [0.2, 0.25) is 0 Å². The summed E-state index contributed by atoms with van der Waals surface area (Å²) in [6.45, 7) is 4.63. The minimum atomic E-state index is 0.240. The van der Waals surface area contributed by atoms with E-state index in [0.717, 1.165) is 45.0 Å². The molecule has 0 bridgehead atoms. The molecule has 0 radical (unpaired) electrons. The fourth-order valence-corrected chi connectivity index (χ4v) is 2.99. The average Bonchev–Trinajstić information content (AvgIpc) is 3.03. The molecule has 0 N–H and O–H groups in total. The first kappa shape index (κ1) is 13.9. The van der Waals surface area contributed by atoms with Gasteiger partial charge >= 0.3 is 0 Å². The molecular weight excluding hydrogens is 254 g/mol. The molecule has 0 amide bonds. The summed E-state index contributed by atoms with van der Waals surface area (Å²) in [5, 5.41) is 0. The monoisotopic (exact) mass is 277 g/mol. The molecular formula is C16H23NO3. The van der Waals surface area contributed by atoms with Crippen molar-refractivity contribution in [2.45, 2.75) is 31.6 Å². The van der Waals surface area contributed by atoms with Gasteiger partial charge in [-0.1, -0.05) is 12.1 Å². The van der Waals surface area contributed by atoms with Crippen molar-refractivity contribution >= 4 is 0 Å². The van der Waals surface area contributed by atoms with Crippen LogP contribution in [-0.2, 0) is 16.0 Å². The maximum atomic E-state index is 5.88.